The number of amides is 1. The summed E-state index contributed by atoms with van der Waals surface area (Å²) in [6, 6.07) is 20.7. The predicted octanol–water partition coefficient (Wildman–Crippen LogP) is 4.87. The van der Waals surface area contributed by atoms with Crippen LogP contribution in [0.2, 0.25) is 0 Å². The number of halogens is 1. The van der Waals surface area contributed by atoms with Gasteiger partial charge in [0, 0.05) is 12.8 Å². The van der Waals surface area contributed by atoms with E-state index in [0.29, 0.717) is 12.1 Å². The van der Waals surface area contributed by atoms with Crippen molar-refractivity contribution < 1.29 is 17.6 Å². The van der Waals surface area contributed by atoms with E-state index in [-0.39, 0.29) is 23.0 Å². The number of hydrogen-bond acceptors (Lipinski definition) is 3. The van der Waals surface area contributed by atoms with Crippen LogP contribution in [0.25, 0.3) is 17.2 Å². The second kappa shape index (κ2) is 8.93. The number of carbonyl (C=O) groups is 1. The second-order valence-electron chi connectivity index (χ2n) is 7.74. The van der Waals surface area contributed by atoms with Gasteiger partial charge in [-0.15, -0.1) is 0 Å². The Morgan fingerprint density at radius 3 is 2.38 bits per heavy atom. The molecule has 1 N–H and O–H groups in total. The minimum Gasteiger partial charge on any atom is -0.352 e. The fourth-order valence-electron chi connectivity index (χ4n) is 3.67. The Morgan fingerprint density at radius 1 is 0.969 bits per heavy atom. The van der Waals surface area contributed by atoms with E-state index in [1.54, 1.807) is 30.3 Å². The molecule has 0 bridgehead atoms. The summed E-state index contributed by atoms with van der Waals surface area (Å²) in [5, 5.41) is 2.91. The first-order chi connectivity index (χ1) is 15.3. The van der Waals surface area contributed by atoms with Crippen LogP contribution in [0.3, 0.4) is 0 Å². The van der Waals surface area contributed by atoms with Gasteiger partial charge in [0.25, 0.3) is 0 Å². The SMILES string of the molecule is CS(=O)(=O)c1ccc(/C=C2\C=C(CC(=O)NCc3ccccc3)c3cc(F)ccc32)cc1. The molecule has 0 unspecified atom stereocenters. The lowest BCUT2D eigenvalue weighted by molar-refractivity contribution is -0.120. The third-order valence-electron chi connectivity index (χ3n) is 5.28. The highest BCUT2D eigenvalue weighted by atomic mass is 32.2. The Labute approximate surface area is 187 Å². The number of fused-ring (bicyclic) bond motifs is 1. The number of carbonyl (C=O) groups excluding carboxylic acids is 1. The number of sulfone groups is 1. The minimum atomic E-state index is -3.27. The monoisotopic (exact) mass is 447 g/mol. The van der Waals surface area contributed by atoms with Crippen LogP contribution in [0.4, 0.5) is 4.39 Å². The molecule has 0 atom stereocenters. The third-order valence-corrected chi connectivity index (χ3v) is 6.41. The lowest BCUT2D eigenvalue weighted by Crippen LogP contribution is -2.22. The molecule has 0 heterocycles. The lowest BCUT2D eigenvalue weighted by Gasteiger charge is -2.08. The molecule has 162 valence electrons. The first kappa shape index (κ1) is 21.7. The van der Waals surface area contributed by atoms with Crippen LogP contribution in [-0.2, 0) is 21.2 Å². The van der Waals surface area contributed by atoms with E-state index in [1.165, 1.54) is 18.4 Å². The zero-order valence-corrected chi connectivity index (χ0v) is 18.3. The zero-order chi connectivity index (χ0) is 22.7. The summed E-state index contributed by atoms with van der Waals surface area (Å²) in [5.74, 6) is -0.507. The van der Waals surface area contributed by atoms with Gasteiger partial charge in [-0.2, -0.15) is 0 Å². The summed E-state index contributed by atoms with van der Waals surface area (Å²) >= 11 is 0. The van der Waals surface area contributed by atoms with Gasteiger partial charge in [0.2, 0.25) is 5.91 Å². The quantitative estimate of drug-likeness (QED) is 0.586. The average molecular weight is 448 g/mol. The molecule has 4 nitrogen and oxygen atoms in total. The second-order valence-corrected chi connectivity index (χ2v) is 9.76. The van der Waals surface area contributed by atoms with Gasteiger partial charge in [-0.25, -0.2) is 12.8 Å². The van der Waals surface area contributed by atoms with E-state index in [2.05, 4.69) is 5.32 Å². The highest BCUT2D eigenvalue weighted by Gasteiger charge is 2.21. The molecule has 6 heteroatoms. The van der Waals surface area contributed by atoms with Gasteiger partial charge < -0.3 is 5.32 Å². The van der Waals surface area contributed by atoms with E-state index in [4.69, 9.17) is 0 Å². The first-order valence-corrected chi connectivity index (χ1v) is 12.0. The molecule has 0 aliphatic heterocycles. The van der Waals surface area contributed by atoms with E-state index >= 15 is 0 Å². The van der Waals surface area contributed by atoms with E-state index in [1.807, 2.05) is 42.5 Å². The first-order valence-electron chi connectivity index (χ1n) is 10.1. The van der Waals surface area contributed by atoms with Crippen LogP contribution in [-0.4, -0.2) is 20.6 Å². The van der Waals surface area contributed by atoms with Gasteiger partial charge >= 0.3 is 0 Å². The molecule has 0 saturated heterocycles. The summed E-state index contributed by atoms with van der Waals surface area (Å²) < 4.78 is 37.3. The smallest absolute Gasteiger partial charge is 0.224 e. The maximum atomic E-state index is 13.9. The summed E-state index contributed by atoms with van der Waals surface area (Å²) in [5.41, 5.74) is 4.94. The van der Waals surface area contributed by atoms with Crippen LogP contribution >= 0.6 is 0 Å². The zero-order valence-electron chi connectivity index (χ0n) is 17.5. The van der Waals surface area contributed by atoms with Crippen LogP contribution in [0.5, 0.6) is 0 Å². The molecular weight excluding hydrogens is 425 g/mol. The molecule has 1 aliphatic carbocycles. The molecule has 0 aromatic heterocycles. The van der Waals surface area contributed by atoms with Crippen molar-refractivity contribution in [3.63, 3.8) is 0 Å². The maximum absolute atomic E-state index is 13.9. The molecule has 32 heavy (non-hydrogen) atoms. The van der Waals surface area contributed by atoms with Crippen molar-refractivity contribution in [3.05, 3.63) is 107 Å². The van der Waals surface area contributed by atoms with Crippen molar-refractivity contribution in [2.24, 2.45) is 0 Å². The van der Waals surface area contributed by atoms with Crippen LogP contribution < -0.4 is 5.32 Å². The molecule has 0 spiro atoms. The Bertz CT molecular complexity index is 1330. The predicted molar refractivity (Wildman–Crippen MR) is 125 cm³/mol. The number of nitrogens with one attached hydrogen (secondary N) is 1. The van der Waals surface area contributed by atoms with E-state index < -0.39 is 9.84 Å². The number of hydrogen-bond donors (Lipinski definition) is 1. The van der Waals surface area contributed by atoms with Gasteiger partial charge in [-0.1, -0.05) is 48.5 Å². The maximum Gasteiger partial charge on any atom is 0.224 e. The molecule has 3 aromatic carbocycles. The van der Waals surface area contributed by atoms with Gasteiger partial charge in [0.15, 0.2) is 9.84 Å². The molecular formula is C26H22FNO3S. The average Bonchev–Trinajstić information content (AvgIpc) is 3.09. The highest BCUT2D eigenvalue weighted by Crippen LogP contribution is 2.38. The lowest BCUT2D eigenvalue weighted by atomic mass is 10.0. The minimum absolute atomic E-state index is 0.133. The van der Waals surface area contributed by atoms with Gasteiger partial charge in [-0.3, -0.25) is 4.79 Å². The fraction of sp³-hybridized carbons (Fsp3) is 0.115. The largest absolute Gasteiger partial charge is 0.352 e. The Hall–Kier alpha value is -3.51. The topological polar surface area (TPSA) is 63.2 Å². The Morgan fingerprint density at radius 2 is 1.69 bits per heavy atom. The molecule has 4 rings (SSSR count). The number of allylic oxidation sites excluding steroid dienone is 2. The van der Waals surface area contributed by atoms with Gasteiger partial charge in [-0.05, 0) is 69.8 Å². The van der Waals surface area contributed by atoms with Crippen LogP contribution in [0.1, 0.15) is 28.7 Å². The van der Waals surface area contributed by atoms with Gasteiger partial charge in [0.05, 0.1) is 11.3 Å². The van der Waals surface area contributed by atoms with E-state index in [9.17, 15) is 17.6 Å². The highest BCUT2D eigenvalue weighted by molar-refractivity contribution is 7.90. The molecule has 0 fully saturated rings. The fourth-order valence-corrected chi connectivity index (χ4v) is 4.30. The van der Waals surface area contributed by atoms with Crippen molar-refractivity contribution in [2.75, 3.05) is 6.26 Å². The van der Waals surface area contributed by atoms with Gasteiger partial charge in [0.1, 0.15) is 5.82 Å². The van der Waals surface area contributed by atoms with E-state index in [0.717, 1.165) is 27.8 Å². The molecule has 1 aliphatic rings. The van der Waals surface area contributed by atoms with Crippen molar-refractivity contribution in [1.29, 1.82) is 0 Å². The third kappa shape index (κ3) is 5.03. The summed E-state index contributed by atoms with van der Waals surface area (Å²) in [7, 11) is -3.27. The van der Waals surface area contributed by atoms with Crippen LogP contribution in [0.15, 0.2) is 83.8 Å². The van der Waals surface area contributed by atoms with Crippen molar-refractivity contribution in [1.82, 2.24) is 5.32 Å². The van der Waals surface area contributed by atoms with Crippen LogP contribution in [0, 0.1) is 5.82 Å². The Kier molecular flexibility index (Phi) is 6.06. The standard InChI is InChI=1S/C26H22FNO3S/c1-32(30,31)23-10-7-18(8-11-23)13-20-14-21(25-16-22(27)9-12-24(20)25)15-26(29)28-17-19-5-3-2-4-6-19/h2-14,16H,15,17H2,1H3,(H,28,29)/b20-13+. The number of benzene rings is 3. The summed E-state index contributed by atoms with van der Waals surface area (Å²) in [6.07, 6.45) is 5.09. The normalized spacial score (nSPS) is 14.2. The van der Waals surface area contributed by atoms with Crippen molar-refractivity contribution in [2.45, 2.75) is 17.9 Å². The molecule has 0 radical (unpaired) electrons. The summed E-state index contributed by atoms with van der Waals surface area (Å²) in [6.45, 7) is 0.429. The van der Waals surface area contributed by atoms with Crippen molar-refractivity contribution >= 4 is 33.0 Å². The molecule has 1 amide bonds. The molecule has 3 aromatic rings. The van der Waals surface area contributed by atoms with Crippen molar-refractivity contribution in [3.8, 4) is 0 Å². The summed E-state index contributed by atoms with van der Waals surface area (Å²) in [4.78, 5) is 12.8. The molecule has 0 saturated carbocycles. The Balaban J connectivity index is 1.57. The number of rotatable bonds is 6.